The van der Waals surface area contributed by atoms with Gasteiger partial charge in [0.2, 0.25) is 0 Å². The van der Waals surface area contributed by atoms with Crippen molar-refractivity contribution < 1.29 is 9.47 Å². The molecule has 1 aromatic carbocycles. The standard InChI is InChI=1S/C17H22N2O3/c1-5-19-14(8-7-13(11(2)18)17(19)20)12-6-9-15(21-3)16(10-12)22-4/h6-11H,5,18H2,1-4H3. The van der Waals surface area contributed by atoms with E-state index in [0.717, 1.165) is 11.3 Å². The van der Waals surface area contributed by atoms with Gasteiger partial charge in [0.25, 0.3) is 5.56 Å². The molecule has 5 heteroatoms. The van der Waals surface area contributed by atoms with E-state index in [-0.39, 0.29) is 11.6 Å². The lowest BCUT2D eigenvalue weighted by atomic mass is 10.1. The molecule has 5 nitrogen and oxygen atoms in total. The fourth-order valence-corrected chi connectivity index (χ4v) is 2.50. The minimum atomic E-state index is -0.287. The van der Waals surface area contributed by atoms with Crippen LogP contribution in [0.25, 0.3) is 11.3 Å². The Morgan fingerprint density at radius 2 is 1.82 bits per heavy atom. The van der Waals surface area contributed by atoms with Gasteiger partial charge in [-0.2, -0.15) is 0 Å². The molecule has 2 N–H and O–H groups in total. The highest BCUT2D eigenvalue weighted by molar-refractivity contribution is 5.64. The molecule has 1 atom stereocenters. The summed E-state index contributed by atoms with van der Waals surface area (Å²) in [6.45, 7) is 4.33. The molecule has 0 spiro atoms. The zero-order valence-electron chi connectivity index (χ0n) is 13.4. The number of hydrogen-bond donors (Lipinski definition) is 1. The molecular weight excluding hydrogens is 280 g/mol. The first-order valence-corrected chi connectivity index (χ1v) is 7.25. The first kappa shape index (κ1) is 16.1. The van der Waals surface area contributed by atoms with E-state index in [9.17, 15) is 4.79 Å². The van der Waals surface area contributed by atoms with Crippen molar-refractivity contribution in [2.45, 2.75) is 26.4 Å². The van der Waals surface area contributed by atoms with E-state index in [1.807, 2.05) is 38.1 Å². The molecular formula is C17H22N2O3. The molecule has 0 saturated heterocycles. The summed E-state index contributed by atoms with van der Waals surface area (Å²) in [5, 5.41) is 0. The van der Waals surface area contributed by atoms with Crippen molar-refractivity contribution in [2.75, 3.05) is 14.2 Å². The Hall–Kier alpha value is -2.27. The lowest BCUT2D eigenvalue weighted by Gasteiger charge is -2.16. The monoisotopic (exact) mass is 302 g/mol. The van der Waals surface area contributed by atoms with Crippen molar-refractivity contribution in [3.05, 3.63) is 46.2 Å². The molecule has 0 radical (unpaired) electrons. The number of benzene rings is 1. The van der Waals surface area contributed by atoms with E-state index in [2.05, 4.69) is 0 Å². The predicted molar refractivity (Wildman–Crippen MR) is 87.5 cm³/mol. The third kappa shape index (κ3) is 2.85. The Labute approximate surface area is 130 Å². The molecule has 2 rings (SSSR count). The minimum absolute atomic E-state index is 0.0511. The second kappa shape index (κ2) is 6.66. The van der Waals surface area contributed by atoms with E-state index < -0.39 is 0 Å². The quantitative estimate of drug-likeness (QED) is 0.922. The van der Waals surface area contributed by atoms with Crippen LogP contribution in [0.3, 0.4) is 0 Å². The summed E-state index contributed by atoms with van der Waals surface area (Å²) in [5.41, 5.74) is 8.15. The second-order valence-electron chi connectivity index (χ2n) is 5.08. The van der Waals surface area contributed by atoms with E-state index in [1.54, 1.807) is 24.9 Å². The van der Waals surface area contributed by atoms with Gasteiger partial charge in [-0.15, -0.1) is 0 Å². The van der Waals surface area contributed by atoms with Crippen molar-refractivity contribution in [1.82, 2.24) is 4.57 Å². The zero-order chi connectivity index (χ0) is 16.3. The van der Waals surface area contributed by atoms with E-state index in [1.165, 1.54) is 0 Å². The highest BCUT2D eigenvalue weighted by Gasteiger charge is 2.13. The Morgan fingerprint density at radius 3 is 2.36 bits per heavy atom. The predicted octanol–water partition coefficient (Wildman–Crippen LogP) is 2.57. The summed E-state index contributed by atoms with van der Waals surface area (Å²) in [5.74, 6) is 1.29. The summed E-state index contributed by atoms with van der Waals surface area (Å²) in [4.78, 5) is 12.5. The molecule has 0 amide bonds. The van der Waals surface area contributed by atoms with Gasteiger partial charge in [-0.05, 0) is 44.2 Å². The van der Waals surface area contributed by atoms with Gasteiger partial charge < -0.3 is 19.8 Å². The van der Waals surface area contributed by atoms with Crippen LogP contribution >= 0.6 is 0 Å². The number of pyridine rings is 1. The van der Waals surface area contributed by atoms with E-state index >= 15 is 0 Å². The number of aromatic nitrogens is 1. The molecule has 1 heterocycles. The Morgan fingerprint density at radius 1 is 1.14 bits per heavy atom. The second-order valence-corrected chi connectivity index (χ2v) is 5.08. The first-order valence-electron chi connectivity index (χ1n) is 7.25. The van der Waals surface area contributed by atoms with Crippen LogP contribution in [0, 0.1) is 0 Å². The molecule has 0 aliphatic carbocycles. The SMILES string of the molecule is CCn1c(-c2ccc(OC)c(OC)c2)ccc(C(C)N)c1=O. The maximum absolute atomic E-state index is 12.5. The average Bonchev–Trinajstić information content (AvgIpc) is 2.53. The van der Waals surface area contributed by atoms with Crippen LogP contribution in [0.15, 0.2) is 35.1 Å². The van der Waals surface area contributed by atoms with Crippen molar-refractivity contribution in [2.24, 2.45) is 5.73 Å². The highest BCUT2D eigenvalue weighted by atomic mass is 16.5. The third-order valence-corrected chi connectivity index (χ3v) is 3.69. The molecule has 118 valence electrons. The van der Waals surface area contributed by atoms with Gasteiger partial charge in [-0.3, -0.25) is 4.79 Å². The van der Waals surface area contributed by atoms with Gasteiger partial charge in [0.05, 0.1) is 19.9 Å². The topological polar surface area (TPSA) is 66.5 Å². The van der Waals surface area contributed by atoms with Crippen molar-refractivity contribution in [3.63, 3.8) is 0 Å². The van der Waals surface area contributed by atoms with Crippen LogP contribution in [0.2, 0.25) is 0 Å². The van der Waals surface area contributed by atoms with Crippen LogP contribution < -0.4 is 20.8 Å². The van der Waals surface area contributed by atoms with Gasteiger partial charge in [-0.25, -0.2) is 0 Å². The maximum atomic E-state index is 12.5. The largest absolute Gasteiger partial charge is 0.493 e. The summed E-state index contributed by atoms with van der Waals surface area (Å²) >= 11 is 0. The van der Waals surface area contributed by atoms with Crippen LogP contribution in [-0.2, 0) is 6.54 Å². The number of rotatable bonds is 5. The number of nitrogens with zero attached hydrogens (tertiary/aromatic N) is 1. The number of hydrogen-bond acceptors (Lipinski definition) is 4. The van der Waals surface area contributed by atoms with Gasteiger partial charge in [0.15, 0.2) is 11.5 Å². The first-order chi connectivity index (χ1) is 10.5. The molecule has 1 aromatic heterocycles. The van der Waals surface area contributed by atoms with E-state index in [4.69, 9.17) is 15.2 Å². The van der Waals surface area contributed by atoms with Crippen LogP contribution in [0.4, 0.5) is 0 Å². The molecule has 0 fully saturated rings. The maximum Gasteiger partial charge on any atom is 0.255 e. The summed E-state index contributed by atoms with van der Waals surface area (Å²) < 4.78 is 12.3. The molecule has 0 aliphatic heterocycles. The van der Waals surface area contributed by atoms with Crippen LogP contribution in [0.1, 0.15) is 25.5 Å². The molecule has 1 unspecified atom stereocenters. The highest BCUT2D eigenvalue weighted by Crippen LogP contribution is 2.32. The number of methoxy groups -OCH3 is 2. The molecule has 22 heavy (non-hydrogen) atoms. The van der Waals surface area contributed by atoms with Crippen LogP contribution in [-0.4, -0.2) is 18.8 Å². The van der Waals surface area contributed by atoms with Crippen molar-refractivity contribution >= 4 is 0 Å². The summed E-state index contributed by atoms with van der Waals surface area (Å²) in [6.07, 6.45) is 0. The molecule has 0 bridgehead atoms. The molecule has 0 saturated carbocycles. The number of nitrogens with two attached hydrogens (primary N) is 1. The van der Waals surface area contributed by atoms with Crippen LogP contribution in [0.5, 0.6) is 11.5 Å². The number of ether oxygens (including phenoxy) is 2. The lowest BCUT2D eigenvalue weighted by Crippen LogP contribution is -2.27. The summed E-state index contributed by atoms with van der Waals surface area (Å²) in [6, 6.07) is 9.04. The van der Waals surface area contributed by atoms with Gasteiger partial charge >= 0.3 is 0 Å². The Kier molecular flexibility index (Phi) is 4.88. The Balaban J connectivity index is 2.63. The minimum Gasteiger partial charge on any atom is -0.493 e. The average molecular weight is 302 g/mol. The Bertz CT molecular complexity index is 720. The fraction of sp³-hybridized carbons (Fsp3) is 0.353. The summed E-state index contributed by atoms with van der Waals surface area (Å²) in [7, 11) is 3.19. The molecule has 2 aromatic rings. The zero-order valence-corrected chi connectivity index (χ0v) is 13.4. The van der Waals surface area contributed by atoms with Gasteiger partial charge in [-0.1, -0.05) is 0 Å². The van der Waals surface area contributed by atoms with Crippen molar-refractivity contribution in [3.8, 4) is 22.8 Å². The van der Waals surface area contributed by atoms with Crippen molar-refractivity contribution in [1.29, 1.82) is 0 Å². The van der Waals surface area contributed by atoms with Gasteiger partial charge in [0.1, 0.15) is 0 Å². The van der Waals surface area contributed by atoms with Gasteiger partial charge in [0, 0.05) is 23.7 Å². The third-order valence-electron chi connectivity index (χ3n) is 3.69. The fourth-order valence-electron chi connectivity index (χ4n) is 2.50. The normalized spacial score (nSPS) is 12.0. The van der Waals surface area contributed by atoms with E-state index in [0.29, 0.717) is 23.6 Å². The lowest BCUT2D eigenvalue weighted by molar-refractivity contribution is 0.355. The molecule has 0 aliphatic rings. The smallest absolute Gasteiger partial charge is 0.255 e.